The lowest BCUT2D eigenvalue weighted by atomic mass is 10.0. The van der Waals surface area contributed by atoms with Crippen LogP contribution in [0.25, 0.3) is 0 Å². The van der Waals surface area contributed by atoms with Gasteiger partial charge in [0.15, 0.2) is 0 Å². The Bertz CT molecular complexity index is 473. The smallest absolute Gasteiger partial charge is 0.253 e. The molecule has 18 heavy (non-hydrogen) atoms. The first-order chi connectivity index (χ1) is 8.74. The summed E-state index contributed by atoms with van der Waals surface area (Å²) in [7, 11) is 0. The molecule has 0 radical (unpaired) electrons. The van der Waals surface area contributed by atoms with Crippen molar-refractivity contribution in [2.24, 2.45) is 0 Å². The third kappa shape index (κ3) is 2.08. The molecule has 4 nitrogen and oxygen atoms in total. The molecular weight excluding hydrogens is 228 g/mol. The summed E-state index contributed by atoms with van der Waals surface area (Å²) in [6.07, 6.45) is 2.31. The predicted octanol–water partition coefficient (Wildman–Crippen LogP) is 1.25. The van der Waals surface area contributed by atoms with Crippen LogP contribution in [0.4, 0.5) is 5.69 Å². The molecule has 0 spiro atoms. The second-order valence-corrected chi connectivity index (χ2v) is 5.10. The van der Waals surface area contributed by atoms with E-state index >= 15 is 0 Å². The third-order valence-corrected chi connectivity index (χ3v) is 3.75. The van der Waals surface area contributed by atoms with Gasteiger partial charge in [0.05, 0.1) is 6.10 Å². The number of rotatable bonds is 1. The average Bonchev–Trinajstić information content (AvgIpc) is 2.85. The highest BCUT2D eigenvalue weighted by molar-refractivity contribution is 5.95. The van der Waals surface area contributed by atoms with E-state index in [0.29, 0.717) is 6.54 Å². The van der Waals surface area contributed by atoms with Gasteiger partial charge in [-0.2, -0.15) is 0 Å². The van der Waals surface area contributed by atoms with Gasteiger partial charge in [-0.15, -0.1) is 0 Å². The number of benzene rings is 1. The van der Waals surface area contributed by atoms with Crippen molar-refractivity contribution in [3.8, 4) is 0 Å². The molecule has 1 atom stereocenters. The molecule has 1 fully saturated rings. The van der Waals surface area contributed by atoms with Crippen LogP contribution in [-0.2, 0) is 6.42 Å². The number of carbonyl (C=O) groups is 1. The van der Waals surface area contributed by atoms with E-state index in [-0.39, 0.29) is 12.0 Å². The molecule has 0 saturated carbocycles. The zero-order chi connectivity index (χ0) is 12.5. The number of hydrogen-bond acceptors (Lipinski definition) is 3. The van der Waals surface area contributed by atoms with Crippen molar-refractivity contribution >= 4 is 11.6 Å². The maximum absolute atomic E-state index is 12.3. The van der Waals surface area contributed by atoms with Gasteiger partial charge in [-0.3, -0.25) is 4.79 Å². The number of aliphatic hydroxyl groups is 1. The number of piperidine rings is 1. The molecule has 0 bridgehead atoms. The lowest BCUT2D eigenvalue weighted by Gasteiger charge is -2.30. The van der Waals surface area contributed by atoms with E-state index in [4.69, 9.17) is 0 Å². The number of aliphatic hydroxyl groups excluding tert-OH is 1. The number of hydrogen-bond donors (Lipinski definition) is 2. The molecular formula is C14H18N2O2. The Hall–Kier alpha value is -1.55. The summed E-state index contributed by atoms with van der Waals surface area (Å²) >= 11 is 0. The van der Waals surface area contributed by atoms with Crippen LogP contribution in [0.3, 0.4) is 0 Å². The first kappa shape index (κ1) is 11.5. The number of anilines is 1. The summed E-state index contributed by atoms with van der Waals surface area (Å²) in [4.78, 5) is 14.1. The van der Waals surface area contributed by atoms with Crippen molar-refractivity contribution < 1.29 is 9.90 Å². The molecule has 1 unspecified atom stereocenters. The van der Waals surface area contributed by atoms with E-state index in [9.17, 15) is 9.90 Å². The van der Waals surface area contributed by atoms with Gasteiger partial charge in [0.25, 0.3) is 5.91 Å². The molecule has 1 aromatic rings. The number of nitrogens with one attached hydrogen (secondary N) is 1. The van der Waals surface area contributed by atoms with Crippen LogP contribution in [0.5, 0.6) is 0 Å². The highest BCUT2D eigenvalue weighted by Crippen LogP contribution is 2.24. The van der Waals surface area contributed by atoms with Crippen LogP contribution in [0.15, 0.2) is 18.2 Å². The highest BCUT2D eigenvalue weighted by Gasteiger charge is 2.23. The van der Waals surface area contributed by atoms with Crippen LogP contribution in [0, 0.1) is 0 Å². The van der Waals surface area contributed by atoms with Crippen molar-refractivity contribution in [2.45, 2.75) is 25.4 Å². The van der Waals surface area contributed by atoms with Crippen molar-refractivity contribution in [2.75, 3.05) is 25.0 Å². The Labute approximate surface area is 107 Å². The quantitative estimate of drug-likeness (QED) is 0.784. The van der Waals surface area contributed by atoms with Crippen LogP contribution < -0.4 is 5.32 Å². The fourth-order valence-electron chi connectivity index (χ4n) is 2.76. The Morgan fingerprint density at radius 1 is 1.44 bits per heavy atom. The Morgan fingerprint density at radius 3 is 3.17 bits per heavy atom. The number of amides is 1. The molecule has 1 aromatic carbocycles. The van der Waals surface area contributed by atoms with Gasteiger partial charge in [0.1, 0.15) is 0 Å². The SMILES string of the molecule is O=C(c1ccc2c(c1)CCN2)N1CCCC(O)C1. The van der Waals surface area contributed by atoms with Gasteiger partial charge < -0.3 is 15.3 Å². The molecule has 0 aromatic heterocycles. The maximum Gasteiger partial charge on any atom is 0.253 e. The number of fused-ring (bicyclic) bond motifs is 1. The normalized spacial score (nSPS) is 22.5. The first-order valence-corrected chi connectivity index (χ1v) is 6.58. The van der Waals surface area contributed by atoms with Gasteiger partial charge in [-0.05, 0) is 43.0 Å². The molecule has 2 aliphatic heterocycles. The second kappa shape index (κ2) is 4.61. The Kier molecular flexibility index (Phi) is 2.96. The van der Waals surface area contributed by atoms with E-state index in [1.54, 1.807) is 4.90 Å². The summed E-state index contributed by atoms with van der Waals surface area (Å²) in [5, 5.41) is 12.9. The second-order valence-electron chi connectivity index (χ2n) is 5.10. The molecule has 4 heteroatoms. The minimum Gasteiger partial charge on any atom is -0.391 e. The van der Waals surface area contributed by atoms with E-state index in [0.717, 1.165) is 43.6 Å². The molecule has 2 aliphatic rings. The lowest BCUT2D eigenvalue weighted by molar-refractivity contribution is 0.0473. The van der Waals surface area contributed by atoms with Crippen molar-refractivity contribution in [1.82, 2.24) is 4.90 Å². The number of nitrogens with zero attached hydrogens (tertiary/aromatic N) is 1. The van der Waals surface area contributed by atoms with Gasteiger partial charge in [0, 0.05) is 30.9 Å². The van der Waals surface area contributed by atoms with Crippen molar-refractivity contribution in [1.29, 1.82) is 0 Å². The van der Waals surface area contributed by atoms with Gasteiger partial charge in [-0.25, -0.2) is 0 Å². The number of β-amino-alcohol motifs (C(OH)–C–C–N with tert-alkyl or cyclic N) is 1. The molecule has 3 rings (SSSR count). The Balaban J connectivity index is 1.79. The van der Waals surface area contributed by atoms with E-state index in [1.807, 2.05) is 18.2 Å². The summed E-state index contributed by atoms with van der Waals surface area (Å²) < 4.78 is 0. The summed E-state index contributed by atoms with van der Waals surface area (Å²) in [5.41, 5.74) is 3.11. The fraction of sp³-hybridized carbons (Fsp3) is 0.500. The van der Waals surface area contributed by atoms with Crippen LogP contribution in [0.1, 0.15) is 28.8 Å². The van der Waals surface area contributed by atoms with E-state index in [2.05, 4.69) is 5.32 Å². The Morgan fingerprint density at radius 2 is 2.33 bits per heavy atom. The summed E-state index contributed by atoms with van der Waals surface area (Å²) in [6.45, 7) is 2.18. The van der Waals surface area contributed by atoms with E-state index < -0.39 is 0 Å². The predicted molar refractivity (Wildman–Crippen MR) is 69.8 cm³/mol. The topological polar surface area (TPSA) is 52.6 Å². The molecule has 1 saturated heterocycles. The standard InChI is InChI=1S/C14H18N2O2/c17-12-2-1-7-16(9-12)14(18)11-3-4-13-10(8-11)5-6-15-13/h3-4,8,12,15,17H,1-2,5-7,9H2. The minimum atomic E-state index is -0.362. The molecule has 1 amide bonds. The van der Waals surface area contributed by atoms with Gasteiger partial charge >= 0.3 is 0 Å². The third-order valence-electron chi connectivity index (χ3n) is 3.75. The van der Waals surface area contributed by atoms with Gasteiger partial charge in [0.2, 0.25) is 0 Å². The molecule has 2 heterocycles. The number of carbonyl (C=O) groups excluding carboxylic acids is 1. The largest absolute Gasteiger partial charge is 0.391 e. The van der Waals surface area contributed by atoms with Gasteiger partial charge in [-0.1, -0.05) is 0 Å². The zero-order valence-corrected chi connectivity index (χ0v) is 10.4. The van der Waals surface area contributed by atoms with Crippen LogP contribution >= 0.6 is 0 Å². The highest BCUT2D eigenvalue weighted by atomic mass is 16.3. The molecule has 2 N–H and O–H groups in total. The summed E-state index contributed by atoms with van der Waals surface area (Å²) in [5.74, 6) is 0.0449. The number of likely N-dealkylation sites (tertiary alicyclic amines) is 1. The molecule has 0 aliphatic carbocycles. The average molecular weight is 246 g/mol. The monoisotopic (exact) mass is 246 g/mol. The lowest BCUT2D eigenvalue weighted by Crippen LogP contribution is -2.42. The van der Waals surface area contributed by atoms with Crippen molar-refractivity contribution in [3.63, 3.8) is 0 Å². The van der Waals surface area contributed by atoms with Crippen molar-refractivity contribution in [3.05, 3.63) is 29.3 Å². The fourth-order valence-corrected chi connectivity index (χ4v) is 2.76. The van der Waals surface area contributed by atoms with Crippen LogP contribution in [0.2, 0.25) is 0 Å². The molecule has 96 valence electrons. The maximum atomic E-state index is 12.3. The van der Waals surface area contributed by atoms with Crippen LogP contribution in [-0.4, -0.2) is 41.7 Å². The first-order valence-electron chi connectivity index (χ1n) is 6.58. The summed E-state index contributed by atoms with van der Waals surface area (Å²) in [6, 6.07) is 5.84. The zero-order valence-electron chi connectivity index (χ0n) is 10.4. The van der Waals surface area contributed by atoms with E-state index in [1.165, 1.54) is 5.56 Å². The minimum absolute atomic E-state index is 0.0449.